The Hall–Kier alpha value is -1.26. The molecule has 0 radical (unpaired) electrons. The summed E-state index contributed by atoms with van der Waals surface area (Å²) in [6.45, 7) is 0.276. The van der Waals surface area contributed by atoms with Gasteiger partial charge in [0.2, 0.25) is 0 Å². The predicted octanol–water partition coefficient (Wildman–Crippen LogP) is 0.554. The maximum Gasteiger partial charge on any atom is 0.290 e. The lowest BCUT2D eigenvalue weighted by molar-refractivity contribution is -0.387. The number of sulfonamides is 1. The van der Waals surface area contributed by atoms with Gasteiger partial charge in [-0.25, -0.2) is 8.42 Å². The molecule has 1 aromatic rings. The first kappa shape index (κ1) is 15.1. The molecule has 8 nitrogen and oxygen atoms in total. The summed E-state index contributed by atoms with van der Waals surface area (Å²) in [6, 6.07) is 3.39. The monoisotopic (exact) mass is 321 g/mol. The van der Waals surface area contributed by atoms with Crippen LogP contribution < -0.4 is 5.73 Å². The van der Waals surface area contributed by atoms with E-state index in [-0.39, 0.29) is 24.8 Å². The molecule has 0 spiro atoms. The number of ether oxygens (including phenoxy) is 1. The van der Waals surface area contributed by atoms with Crippen molar-refractivity contribution in [3.63, 3.8) is 0 Å². The molecule has 1 fully saturated rings. The van der Waals surface area contributed by atoms with Crippen LogP contribution in [0.5, 0.6) is 0 Å². The van der Waals surface area contributed by atoms with Crippen molar-refractivity contribution < 1.29 is 18.1 Å². The van der Waals surface area contributed by atoms with Gasteiger partial charge < -0.3 is 10.5 Å². The molecule has 0 aromatic heterocycles. The second kappa shape index (κ2) is 5.62. The lowest BCUT2D eigenvalue weighted by atomic mass is 10.3. The quantitative estimate of drug-likeness (QED) is 0.642. The van der Waals surface area contributed by atoms with Crippen LogP contribution in [0.3, 0.4) is 0 Å². The molecule has 1 aromatic carbocycles. The van der Waals surface area contributed by atoms with Gasteiger partial charge in [0.1, 0.15) is 0 Å². The smallest absolute Gasteiger partial charge is 0.290 e. The van der Waals surface area contributed by atoms with Gasteiger partial charge in [-0.1, -0.05) is 11.6 Å². The summed E-state index contributed by atoms with van der Waals surface area (Å²) in [6.07, 6.45) is -0.871. The minimum atomic E-state index is -4.08. The number of rotatable bonds is 3. The maximum atomic E-state index is 12.5. The molecule has 2 rings (SSSR count). The van der Waals surface area contributed by atoms with E-state index < -0.39 is 31.7 Å². The first-order valence-electron chi connectivity index (χ1n) is 5.63. The summed E-state index contributed by atoms with van der Waals surface area (Å²) in [5.41, 5.74) is 5.11. The van der Waals surface area contributed by atoms with E-state index in [1.165, 1.54) is 6.07 Å². The van der Waals surface area contributed by atoms with Gasteiger partial charge in [0.15, 0.2) is 4.90 Å². The average Bonchev–Trinajstić information content (AvgIpc) is 2.38. The highest BCUT2D eigenvalue weighted by Gasteiger charge is 2.36. The lowest BCUT2D eigenvalue weighted by Crippen LogP contribution is -2.53. The lowest BCUT2D eigenvalue weighted by Gasteiger charge is -2.31. The van der Waals surface area contributed by atoms with E-state index >= 15 is 0 Å². The number of hydrogen-bond donors (Lipinski definition) is 1. The van der Waals surface area contributed by atoms with Gasteiger partial charge in [0, 0.05) is 17.6 Å². The van der Waals surface area contributed by atoms with Crippen LogP contribution in [0, 0.1) is 10.1 Å². The summed E-state index contributed by atoms with van der Waals surface area (Å²) >= 11 is 5.67. The number of hydrogen-bond acceptors (Lipinski definition) is 6. The molecule has 0 bridgehead atoms. The molecule has 1 saturated heterocycles. The summed E-state index contributed by atoms with van der Waals surface area (Å²) in [7, 11) is -4.08. The largest absolute Gasteiger partial charge is 0.377 e. The standard InChI is InChI=1S/C10H12ClN3O5S/c11-7-1-2-9(8(5-7)14(15)16)20(17,18)13-3-4-19-6-10(13)12/h1-2,5,10H,3-4,6,12H2. The van der Waals surface area contributed by atoms with Gasteiger partial charge in [-0.15, -0.1) is 0 Å². The van der Waals surface area contributed by atoms with E-state index in [1.807, 2.05) is 0 Å². The van der Waals surface area contributed by atoms with Gasteiger partial charge >= 0.3 is 0 Å². The maximum absolute atomic E-state index is 12.5. The van der Waals surface area contributed by atoms with Gasteiger partial charge in [-0.3, -0.25) is 10.1 Å². The van der Waals surface area contributed by atoms with Crippen LogP contribution >= 0.6 is 11.6 Å². The zero-order chi connectivity index (χ0) is 14.9. The third-order valence-corrected chi connectivity index (χ3v) is 5.03. The van der Waals surface area contributed by atoms with Crippen LogP contribution in [0.1, 0.15) is 0 Å². The van der Waals surface area contributed by atoms with Crippen molar-refractivity contribution in [2.24, 2.45) is 5.73 Å². The molecule has 1 aliphatic heterocycles. The van der Waals surface area contributed by atoms with Crippen LogP contribution in [0.2, 0.25) is 5.02 Å². The molecular formula is C10H12ClN3O5S. The number of benzene rings is 1. The van der Waals surface area contributed by atoms with E-state index in [0.29, 0.717) is 0 Å². The molecular weight excluding hydrogens is 310 g/mol. The fourth-order valence-corrected chi connectivity index (χ4v) is 3.67. The topological polar surface area (TPSA) is 116 Å². The fraction of sp³-hybridized carbons (Fsp3) is 0.400. The van der Waals surface area contributed by atoms with E-state index in [0.717, 1.165) is 16.4 Å². The highest BCUT2D eigenvalue weighted by molar-refractivity contribution is 7.89. The number of nitrogens with two attached hydrogens (primary N) is 1. The van der Waals surface area contributed by atoms with Gasteiger partial charge in [0.25, 0.3) is 15.7 Å². The van der Waals surface area contributed by atoms with Crippen molar-refractivity contribution in [3.8, 4) is 0 Å². The minimum Gasteiger partial charge on any atom is -0.377 e. The van der Waals surface area contributed by atoms with Crippen molar-refractivity contribution in [1.82, 2.24) is 4.31 Å². The molecule has 20 heavy (non-hydrogen) atoms. The molecule has 2 N–H and O–H groups in total. The third kappa shape index (κ3) is 2.76. The highest BCUT2D eigenvalue weighted by atomic mass is 35.5. The first-order chi connectivity index (χ1) is 9.34. The molecule has 1 unspecified atom stereocenters. The minimum absolute atomic E-state index is 0.0423. The summed E-state index contributed by atoms with van der Waals surface area (Å²) < 4.78 is 31.0. The number of nitro groups is 1. The second-order valence-corrected chi connectivity index (χ2v) is 6.42. The number of morpholine rings is 1. The van der Waals surface area contributed by atoms with Gasteiger partial charge in [-0.05, 0) is 12.1 Å². The molecule has 0 aliphatic carbocycles. The van der Waals surface area contributed by atoms with Crippen molar-refractivity contribution in [1.29, 1.82) is 0 Å². The molecule has 10 heteroatoms. The Morgan fingerprint density at radius 2 is 2.20 bits per heavy atom. The Morgan fingerprint density at radius 3 is 2.80 bits per heavy atom. The highest BCUT2D eigenvalue weighted by Crippen LogP contribution is 2.30. The Bertz CT molecular complexity index is 636. The Kier molecular flexibility index (Phi) is 4.25. The average molecular weight is 322 g/mol. The number of halogens is 1. The van der Waals surface area contributed by atoms with E-state index in [9.17, 15) is 18.5 Å². The van der Waals surface area contributed by atoms with Crippen LogP contribution in [-0.4, -0.2) is 43.6 Å². The number of nitrogens with zero attached hydrogens (tertiary/aromatic N) is 2. The van der Waals surface area contributed by atoms with Crippen molar-refractivity contribution >= 4 is 27.3 Å². The van der Waals surface area contributed by atoms with E-state index in [1.54, 1.807) is 0 Å². The Labute approximate surface area is 120 Å². The summed E-state index contributed by atoms with van der Waals surface area (Å²) in [5.74, 6) is 0. The first-order valence-corrected chi connectivity index (χ1v) is 7.45. The van der Waals surface area contributed by atoms with Gasteiger partial charge in [0.05, 0.1) is 24.3 Å². The summed E-state index contributed by atoms with van der Waals surface area (Å²) in [5, 5.41) is 11.1. The molecule has 1 heterocycles. The van der Waals surface area contributed by atoms with Crippen molar-refractivity contribution in [2.75, 3.05) is 19.8 Å². The van der Waals surface area contributed by atoms with Crippen LogP contribution in [0.15, 0.2) is 23.1 Å². The zero-order valence-electron chi connectivity index (χ0n) is 10.2. The molecule has 0 saturated carbocycles. The van der Waals surface area contributed by atoms with Crippen LogP contribution in [-0.2, 0) is 14.8 Å². The Morgan fingerprint density at radius 1 is 1.50 bits per heavy atom. The number of nitro benzene ring substituents is 1. The van der Waals surface area contributed by atoms with E-state index in [2.05, 4.69) is 0 Å². The molecule has 110 valence electrons. The molecule has 1 atom stereocenters. The normalized spacial score (nSPS) is 20.8. The second-order valence-electron chi connectivity index (χ2n) is 4.13. The SMILES string of the molecule is NC1COCCN1S(=O)(=O)c1ccc(Cl)cc1[N+](=O)[O-]. The Balaban J connectivity index is 2.51. The molecule has 0 amide bonds. The van der Waals surface area contributed by atoms with Gasteiger partial charge in [-0.2, -0.15) is 4.31 Å². The molecule has 1 aliphatic rings. The van der Waals surface area contributed by atoms with Crippen molar-refractivity contribution in [2.45, 2.75) is 11.1 Å². The fourth-order valence-electron chi connectivity index (χ4n) is 1.88. The van der Waals surface area contributed by atoms with E-state index in [4.69, 9.17) is 22.1 Å². The third-order valence-electron chi connectivity index (χ3n) is 2.82. The zero-order valence-corrected chi connectivity index (χ0v) is 11.8. The van der Waals surface area contributed by atoms with Crippen LogP contribution in [0.4, 0.5) is 5.69 Å². The predicted molar refractivity (Wildman–Crippen MR) is 70.8 cm³/mol. The summed E-state index contributed by atoms with van der Waals surface area (Å²) in [4.78, 5) is 9.78. The van der Waals surface area contributed by atoms with Crippen LogP contribution in [0.25, 0.3) is 0 Å². The van der Waals surface area contributed by atoms with Crippen molar-refractivity contribution in [3.05, 3.63) is 33.3 Å².